The van der Waals surface area contributed by atoms with E-state index in [2.05, 4.69) is 25.5 Å². The number of aromatic nitrogens is 4. The molecule has 140 valence electrons. The number of carbonyl (C=O) groups excluding carboxylic acids is 1. The summed E-state index contributed by atoms with van der Waals surface area (Å²) in [7, 11) is 0. The summed E-state index contributed by atoms with van der Waals surface area (Å²) in [6.07, 6.45) is 0. The Morgan fingerprint density at radius 1 is 1.21 bits per heavy atom. The Morgan fingerprint density at radius 2 is 2.00 bits per heavy atom. The van der Waals surface area contributed by atoms with Gasteiger partial charge in [-0.25, -0.2) is 9.37 Å². The van der Waals surface area contributed by atoms with Crippen molar-refractivity contribution in [1.82, 2.24) is 20.2 Å². The van der Waals surface area contributed by atoms with E-state index >= 15 is 0 Å². The van der Waals surface area contributed by atoms with Gasteiger partial charge in [-0.3, -0.25) is 14.9 Å². The highest BCUT2D eigenvalue weighted by molar-refractivity contribution is 7.99. The second kappa shape index (κ2) is 7.19. The molecule has 2 aromatic carbocycles. The van der Waals surface area contributed by atoms with Gasteiger partial charge >= 0.3 is 0 Å². The van der Waals surface area contributed by atoms with Crippen molar-refractivity contribution in [3.63, 3.8) is 0 Å². The number of hydrogen-bond donors (Lipinski definition) is 2. The van der Waals surface area contributed by atoms with Crippen LogP contribution in [0.3, 0.4) is 0 Å². The summed E-state index contributed by atoms with van der Waals surface area (Å²) >= 11 is 1.08. The summed E-state index contributed by atoms with van der Waals surface area (Å²) in [4.78, 5) is 29.5. The lowest BCUT2D eigenvalue weighted by Crippen LogP contribution is -2.14. The number of anilines is 1. The number of halogens is 1. The summed E-state index contributed by atoms with van der Waals surface area (Å²) in [5.41, 5.74) is 1.99. The zero-order valence-corrected chi connectivity index (χ0v) is 14.9. The fraction of sp³-hybridized carbons (Fsp3) is 0.0588. The highest BCUT2D eigenvalue weighted by Gasteiger charge is 2.12. The zero-order valence-electron chi connectivity index (χ0n) is 14.0. The molecule has 0 unspecified atom stereocenters. The molecule has 2 aromatic heterocycles. The topological polar surface area (TPSA) is 127 Å². The second-order valence-corrected chi connectivity index (χ2v) is 6.69. The van der Waals surface area contributed by atoms with Crippen LogP contribution < -0.4 is 5.32 Å². The zero-order chi connectivity index (χ0) is 19.7. The largest absolute Gasteiger partial charge is 0.338 e. The number of amides is 1. The summed E-state index contributed by atoms with van der Waals surface area (Å²) in [5.74, 6) is -0.670. The standard InChI is InChI=1S/C17H11FN6O3S/c18-9-1-6-13-12(7-9)15-16(20-13)21-17(23-22-15)28-8-14(25)19-10-2-4-11(5-3-10)24(26)27/h1-7H,8H2,(H,19,25)(H,20,21,23). The Hall–Kier alpha value is -3.60. The quantitative estimate of drug-likeness (QED) is 0.300. The number of benzene rings is 2. The van der Waals surface area contributed by atoms with Gasteiger partial charge in [0.05, 0.1) is 10.7 Å². The Bertz CT molecular complexity index is 1210. The minimum absolute atomic E-state index is 0.0268. The number of hydrogen-bond acceptors (Lipinski definition) is 7. The van der Waals surface area contributed by atoms with Crippen LogP contribution in [0.25, 0.3) is 22.1 Å². The number of rotatable bonds is 5. The van der Waals surface area contributed by atoms with E-state index in [9.17, 15) is 19.3 Å². The fourth-order valence-corrected chi connectivity index (χ4v) is 3.17. The molecule has 4 aromatic rings. The SMILES string of the molecule is O=C(CSc1nnc2c(n1)[nH]c1ccc(F)cc12)Nc1ccc([N+](=O)[O-])cc1. The molecule has 2 heterocycles. The van der Waals surface area contributed by atoms with Gasteiger partial charge in [0.2, 0.25) is 11.1 Å². The molecule has 0 aliphatic carbocycles. The smallest absolute Gasteiger partial charge is 0.269 e. The van der Waals surface area contributed by atoms with Crippen molar-refractivity contribution in [3.05, 3.63) is 58.4 Å². The van der Waals surface area contributed by atoms with E-state index in [4.69, 9.17) is 0 Å². The third-order valence-corrected chi connectivity index (χ3v) is 4.69. The monoisotopic (exact) mass is 398 g/mol. The van der Waals surface area contributed by atoms with Crippen LogP contribution in [0.15, 0.2) is 47.6 Å². The number of non-ortho nitro benzene ring substituents is 1. The van der Waals surface area contributed by atoms with Crippen LogP contribution in [-0.2, 0) is 4.79 Å². The molecule has 0 spiro atoms. The molecule has 28 heavy (non-hydrogen) atoms. The minimum Gasteiger partial charge on any atom is -0.338 e. The molecule has 0 aliphatic heterocycles. The van der Waals surface area contributed by atoms with Crippen molar-refractivity contribution in [2.45, 2.75) is 5.16 Å². The third-order valence-electron chi connectivity index (χ3n) is 3.85. The molecule has 0 saturated heterocycles. The van der Waals surface area contributed by atoms with E-state index in [1.54, 1.807) is 6.07 Å². The molecular formula is C17H11FN6O3S. The van der Waals surface area contributed by atoms with E-state index in [1.807, 2.05) is 0 Å². The van der Waals surface area contributed by atoms with Gasteiger partial charge in [-0.1, -0.05) is 11.8 Å². The lowest BCUT2D eigenvalue weighted by molar-refractivity contribution is -0.384. The number of fused-ring (bicyclic) bond motifs is 3. The predicted octanol–water partition coefficient (Wildman–Crippen LogP) is 3.28. The Morgan fingerprint density at radius 3 is 2.75 bits per heavy atom. The number of aromatic amines is 1. The van der Waals surface area contributed by atoms with Gasteiger partial charge in [-0.15, -0.1) is 10.2 Å². The molecule has 0 bridgehead atoms. The molecule has 0 fully saturated rings. The first kappa shape index (κ1) is 17.8. The number of H-pyrrole nitrogens is 1. The molecule has 1 amide bonds. The Kier molecular flexibility index (Phi) is 4.57. The van der Waals surface area contributed by atoms with Crippen LogP contribution in [0, 0.1) is 15.9 Å². The normalized spacial score (nSPS) is 11.0. The Balaban J connectivity index is 1.44. The van der Waals surface area contributed by atoms with Crippen LogP contribution in [0.2, 0.25) is 0 Å². The van der Waals surface area contributed by atoms with E-state index in [0.29, 0.717) is 32.9 Å². The first-order valence-corrected chi connectivity index (χ1v) is 8.97. The van der Waals surface area contributed by atoms with E-state index in [0.717, 1.165) is 11.8 Å². The molecule has 2 N–H and O–H groups in total. The molecule has 0 aliphatic rings. The lowest BCUT2D eigenvalue weighted by Gasteiger charge is -2.04. The molecule has 0 saturated carbocycles. The van der Waals surface area contributed by atoms with Gasteiger partial charge in [0, 0.05) is 28.7 Å². The third kappa shape index (κ3) is 3.60. The van der Waals surface area contributed by atoms with Crippen molar-refractivity contribution in [1.29, 1.82) is 0 Å². The highest BCUT2D eigenvalue weighted by Crippen LogP contribution is 2.24. The number of nitro benzene ring substituents is 1. The maximum atomic E-state index is 13.4. The highest BCUT2D eigenvalue weighted by atomic mass is 32.2. The number of thioether (sulfide) groups is 1. The summed E-state index contributed by atoms with van der Waals surface area (Å²) < 4.78 is 13.4. The summed E-state index contributed by atoms with van der Waals surface area (Å²) in [6, 6.07) is 9.81. The average Bonchev–Trinajstić information content (AvgIpc) is 3.04. The van der Waals surface area contributed by atoms with Crippen molar-refractivity contribution in [2.24, 2.45) is 0 Å². The van der Waals surface area contributed by atoms with Crippen molar-refractivity contribution in [3.8, 4) is 0 Å². The van der Waals surface area contributed by atoms with E-state index in [-0.39, 0.29) is 23.2 Å². The fourth-order valence-electron chi connectivity index (χ4n) is 2.58. The number of nitro groups is 1. The van der Waals surface area contributed by atoms with Crippen LogP contribution in [0.5, 0.6) is 0 Å². The van der Waals surface area contributed by atoms with E-state index < -0.39 is 4.92 Å². The minimum atomic E-state index is -0.514. The average molecular weight is 398 g/mol. The van der Waals surface area contributed by atoms with Crippen LogP contribution in [0.1, 0.15) is 0 Å². The molecule has 11 heteroatoms. The second-order valence-electron chi connectivity index (χ2n) is 5.75. The van der Waals surface area contributed by atoms with Gasteiger partial charge in [0.25, 0.3) is 5.69 Å². The molecule has 4 rings (SSSR count). The number of carbonyl (C=O) groups is 1. The van der Waals surface area contributed by atoms with Gasteiger partial charge in [0.1, 0.15) is 11.3 Å². The molecule has 0 radical (unpaired) electrons. The number of nitrogens with one attached hydrogen (secondary N) is 2. The summed E-state index contributed by atoms with van der Waals surface area (Å²) in [5, 5.41) is 22.2. The van der Waals surface area contributed by atoms with E-state index in [1.165, 1.54) is 36.4 Å². The first-order valence-electron chi connectivity index (χ1n) is 7.98. The van der Waals surface area contributed by atoms with Gasteiger partial charge in [-0.05, 0) is 30.3 Å². The molecule has 0 atom stereocenters. The van der Waals surface area contributed by atoms with Crippen LogP contribution >= 0.6 is 11.8 Å². The first-order chi connectivity index (χ1) is 13.5. The molecular weight excluding hydrogens is 387 g/mol. The van der Waals surface area contributed by atoms with Gasteiger partial charge in [0.15, 0.2) is 5.65 Å². The maximum Gasteiger partial charge on any atom is 0.269 e. The predicted molar refractivity (Wildman–Crippen MR) is 102 cm³/mol. The van der Waals surface area contributed by atoms with Crippen molar-refractivity contribution < 1.29 is 14.1 Å². The van der Waals surface area contributed by atoms with Gasteiger partial charge in [-0.2, -0.15) is 0 Å². The Labute approximate surface area is 160 Å². The maximum absolute atomic E-state index is 13.4. The number of nitrogens with zero attached hydrogens (tertiary/aromatic N) is 4. The summed E-state index contributed by atoms with van der Waals surface area (Å²) in [6.45, 7) is 0. The lowest BCUT2D eigenvalue weighted by atomic mass is 10.2. The van der Waals surface area contributed by atoms with Gasteiger partial charge < -0.3 is 10.3 Å². The van der Waals surface area contributed by atoms with Crippen molar-refractivity contribution in [2.75, 3.05) is 11.1 Å². The van der Waals surface area contributed by atoms with Crippen molar-refractivity contribution >= 4 is 51.1 Å². The van der Waals surface area contributed by atoms with Crippen LogP contribution in [0.4, 0.5) is 15.8 Å². The van der Waals surface area contributed by atoms with Crippen LogP contribution in [-0.4, -0.2) is 36.7 Å². The molecule has 9 nitrogen and oxygen atoms in total.